The van der Waals surface area contributed by atoms with Crippen molar-refractivity contribution >= 4 is 56.1 Å². The van der Waals surface area contributed by atoms with Crippen LogP contribution >= 0.6 is 11.3 Å². The lowest BCUT2D eigenvalue weighted by Gasteiger charge is -2.36. The number of amides is 1. The lowest BCUT2D eigenvalue weighted by Crippen LogP contribution is -2.47. The third kappa shape index (κ3) is 4.43. The van der Waals surface area contributed by atoms with Crippen LogP contribution in [0.15, 0.2) is 42.3 Å². The number of hydroxylamine groups is 1. The fourth-order valence-electron chi connectivity index (χ4n) is 4.54. The van der Waals surface area contributed by atoms with Gasteiger partial charge in [0.05, 0.1) is 17.9 Å². The van der Waals surface area contributed by atoms with Crippen molar-refractivity contribution in [3.8, 4) is 0 Å². The summed E-state index contributed by atoms with van der Waals surface area (Å²) < 4.78 is 0. The minimum absolute atomic E-state index is 0.174. The zero-order valence-corrected chi connectivity index (χ0v) is 21.3. The van der Waals surface area contributed by atoms with E-state index in [-0.39, 0.29) is 11.7 Å². The summed E-state index contributed by atoms with van der Waals surface area (Å²) >= 11 is 1.38. The number of rotatable bonds is 7. The lowest BCUT2D eigenvalue weighted by atomic mass is 10.1. The molecule has 0 bridgehead atoms. The molecule has 4 N–H and O–H groups in total. The normalized spacial score (nSPS) is 14.7. The zero-order chi connectivity index (χ0) is 26.1. The first-order valence-corrected chi connectivity index (χ1v) is 13.1. The van der Waals surface area contributed by atoms with Crippen LogP contribution in [0.25, 0.3) is 22.1 Å². The molecule has 0 saturated carbocycles. The van der Waals surface area contributed by atoms with Crippen molar-refractivity contribution < 1.29 is 10.0 Å². The molecular formula is C24H25N11O2S. The van der Waals surface area contributed by atoms with Crippen LogP contribution in [0.2, 0.25) is 0 Å². The summed E-state index contributed by atoms with van der Waals surface area (Å²) in [6.07, 6.45) is 3.84. The van der Waals surface area contributed by atoms with Crippen LogP contribution in [0, 0.1) is 0 Å². The lowest BCUT2D eigenvalue weighted by molar-refractivity contribution is 0.0701. The van der Waals surface area contributed by atoms with Crippen molar-refractivity contribution in [3.05, 3.63) is 53.8 Å². The molecule has 1 aromatic carbocycles. The van der Waals surface area contributed by atoms with Crippen molar-refractivity contribution in [1.29, 1.82) is 0 Å². The molecule has 5 aromatic rings. The number of hydrogen-bond acceptors (Lipinski definition) is 12. The average molecular weight is 532 g/mol. The molecule has 1 unspecified atom stereocenters. The number of carbonyl (C=O) groups is 1. The SMILES string of the molecule is CCC(Nc1ncnc2nc[nH]c12)c1nc(N2CCN(c3nc(C(=O)NO)cs3)CC2)c2ccccc2n1. The Labute approximate surface area is 221 Å². The molecule has 14 heteroatoms. The van der Waals surface area contributed by atoms with Crippen LogP contribution < -0.4 is 20.6 Å². The Hall–Kier alpha value is -4.43. The molecule has 13 nitrogen and oxygen atoms in total. The first-order chi connectivity index (χ1) is 18.6. The van der Waals surface area contributed by atoms with Gasteiger partial charge in [-0.25, -0.2) is 35.4 Å². The standard InChI is InChI=1S/C24H25N11O2S/c1-2-15(29-21-18-20(26-12-25-18)27-13-28-21)19-30-16-6-4-3-5-14(16)22(32-19)34-7-9-35(10-8-34)24-31-17(11-38-24)23(36)33-37/h3-6,11-13,15,37H,2,7-10H2,1H3,(H,33,36)(H2,25,26,27,28,29). The molecular weight excluding hydrogens is 506 g/mol. The predicted octanol–water partition coefficient (Wildman–Crippen LogP) is 2.76. The topological polar surface area (TPSA) is 161 Å². The molecule has 1 atom stereocenters. The molecule has 0 radical (unpaired) electrons. The Kier molecular flexibility index (Phi) is 6.39. The first kappa shape index (κ1) is 23.9. The number of H-pyrrole nitrogens is 1. The van der Waals surface area contributed by atoms with Crippen LogP contribution in [0.1, 0.15) is 35.7 Å². The molecule has 4 aromatic heterocycles. The Balaban J connectivity index is 1.27. The van der Waals surface area contributed by atoms with Gasteiger partial charge in [-0.2, -0.15) is 0 Å². The zero-order valence-electron chi connectivity index (χ0n) is 20.5. The van der Waals surface area contributed by atoms with E-state index in [0.29, 0.717) is 17.3 Å². The van der Waals surface area contributed by atoms with E-state index in [4.69, 9.17) is 15.2 Å². The number of para-hydroxylation sites is 1. The predicted molar refractivity (Wildman–Crippen MR) is 144 cm³/mol. The summed E-state index contributed by atoms with van der Waals surface area (Å²) in [6, 6.07) is 7.87. The van der Waals surface area contributed by atoms with Gasteiger partial charge in [-0.3, -0.25) is 10.0 Å². The summed E-state index contributed by atoms with van der Waals surface area (Å²) in [5.41, 5.74) is 4.05. The largest absolute Gasteiger partial charge is 0.358 e. The van der Waals surface area contributed by atoms with Gasteiger partial charge >= 0.3 is 0 Å². The molecule has 6 rings (SSSR count). The number of hydrogen-bond donors (Lipinski definition) is 4. The third-order valence-electron chi connectivity index (χ3n) is 6.53. The van der Waals surface area contributed by atoms with Crippen LogP contribution in [0.3, 0.4) is 0 Å². The van der Waals surface area contributed by atoms with Gasteiger partial charge in [-0.1, -0.05) is 19.1 Å². The number of nitrogens with zero attached hydrogens (tertiary/aromatic N) is 8. The summed E-state index contributed by atoms with van der Waals surface area (Å²) in [4.78, 5) is 46.3. The fraction of sp³-hybridized carbons (Fsp3) is 0.292. The number of aromatic amines is 1. The Morgan fingerprint density at radius 1 is 1.11 bits per heavy atom. The second-order valence-corrected chi connectivity index (χ2v) is 9.62. The van der Waals surface area contributed by atoms with Crippen molar-refractivity contribution in [1.82, 2.24) is 40.4 Å². The van der Waals surface area contributed by atoms with E-state index in [1.165, 1.54) is 17.7 Å². The molecule has 38 heavy (non-hydrogen) atoms. The van der Waals surface area contributed by atoms with E-state index in [2.05, 4.69) is 47.0 Å². The van der Waals surface area contributed by atoms with Crippen LogP contribution in [-0.2, 0) is 0 Å². The fourth-order valence-corrected chi connectivity index (χ4v) is 5.40. The summed E-state index contributed by atoms with van der Waals surface area (Å²) in [7, 11) is 0. The number of thiazole rings is 1. The van der Waals surface area contributed by atoms with Gasteiger partial charge in [-0.05, 0) is 18.6 Å². The number of anilines is 3. The van der Waals surface area contributed by atoms with Crippen molar-refractivity contribution in [2.45, 2.75) is 19.4 Å². The molecule has 194 valence electrons. The van der Waals surface area contributed by atoms with Gasteiger partial charge in [0, 0.05) is 36.9 Å². The van der Waals surface area contributed by atoms with E-state index in [9.17, 15) is 4.79 Å². The van der Waals surface area contributed by atoms with Gasteiger partial charge in [-0.15, -0.1) is 11.3 Å². The summed E-state index contributed by atoms with van der Waals surface area (Å²) in [5, 5.41) is 15.7. The second-order valence-electron chi connectivity index (χ2n) is 8.78. The molecule has 1 fully saturated rings. The van der Waals surface area contributed by atoms with Crippen molar-refractivity contribution in [2.24, 2.45) is 0 Å². The van der Waals surface area contributed by atoms with Gasteiger partial charge in [0.25, 0.3) is 5.91 Å². The average Bonchev–Trinajstić information content (AvgIpc) is 3.66. The molecule has 1 aliphatic rings. The first-order valence-electron chi connectivity index (χ1n) is 12.2. The van der Waals surface area contributed by atoms with Crippen LogP contribution in [-0.4, -0.2) is 72.2 Å². The number of imidazole rings is 1. The third-order valence-corrected chi connectivity index (χ3v) is 7.43. The van der Waals surface area contributed by atoms with Gasteiger partial charge < -0.3 is 20.1 Å². The van der Waals surface area contributed by atoms with E-state index in [0.717, 1.165) is 60.0 Å². The van der Waals surface area contributed by atoms with E-state index < -0.39 is 5.91 Å². The molecule has 1 aliphatic heterocycles. The minimum atomic E-state index is -0.611. The highest BCUT2D eigenvalue weighted by molar-refractivity contribution is 7.13. The summed E-state index contributed by atoms with van der Waals surface area (Å²) in [5.74, 6) is 1.62. The number of aromatic nitrogens is 7. The molecule has 0 spiro atoms. The summed E-state index contributed by atoms with van der Waals surface area (Å²) in [6.45, 7) is 4.98. The van der Waals surface area contributed by atoms with Crippen molar-refractivity contribution in [3.63, 3.8) is 0 Å². The molecule has 1 saturated heterocycles. The number of piperazine rings is 1. The Morgan fingerprint density at radius 3 is 2.74 bits per heavy atom. The van der Waals surface area contributed by atoms with Gasteiger partial charge in [0.15, 0.2) is 22.4 Å². The number of benzene rings is 1. The van der Waals surface area contributed by atoms with Crippen molar-refractivity contribution in [2.75, 3.05) is 41.3 Å². The molecule has 1 amide bonds. The Morgan fingerprint density at radius 2 is 1.92 bits per heavy atom. The molecule has 5 heterocycles. The van der Waals surface area contributed by atoms with E-state index in [1.54, 1.807) is 17.2 Å². The highest BCUT2D eigenvalue weighted by Gasteiger charge is 2.25. The maximum atomic E-state index is 11.7. The smallest absolute Gasteiger partial charge is 0.294 e. The number of nitrogens with one attached hydrogen (secondary N) is 3. The minimum Gasteiger partial charge on any atom is -0.358 e. The van der Waals surface area contributed by atoms with E-state index >= 15 is 0 Å². The monoisotopic (exact) mass is 531 g/mol. The number of fused-ring (bicyclic) bond motifs is 2. The maximum absolute atomic E-state index is 11.7. The highest BCUT2D eigenvalue weighted by Crippen LogP contribution is 2.30. The van der Waals surface area contributed by atoms with Crippen LogP contribution in [0.4, 0.5) is 16.8 Å². The highest BCUT2D eigenvalue weighted by atomic mass is 32.1. The number of carbonyl (C=O) groups excluding carboxylic acids is 1. The van der Waals surface area contributed by atoms with E-state index in [1.807, 2.05) is 24.3 Å². The maximum Gasteiger partial charge on any atom is 0.294 e. The van der Waals surface area contributed by atoms with Gasteiger partial charge in [0.1, 0.15) is 23.4 Å². The molecule has 0 aliphatic carbocycles. The Bertz CT molecular complexity index is 1590. The van der Waals surface area contributed by atoms with Crippen LogP contribution in [0.5, 0.6) is 0 Å². The quantitative estimate of drug-likeness (QED) is 0.180. The second kappa shape index (κ2) is 10.1. The van der Waals surface area contributed by atoms with Gasteiger partial charge in [0.2, 0.25) is 0 Å².